The molecule has 4 nitrogen and oxygen atoms in total. The number of nitrogens with zero attached hydrogens (tertiary/aromatic N) is 1. The fraction of sp³-hybridized carbons (Fsp3) is 0.310. The van der Waals surface area contributed by atoms with E-state index < -0.39 is 6.04 Å². The third-order valence-electron chi connectivity index (χ3n) is 5.99. The number of rotatable bonds is 10. The number of carbonyl (C=O) groups excluding carboxylic acids is 2. The Morgan fingerprint density at radius 1 is 0.818 bits per heavy atom. The molecule has 3 aromatic carbocycles. The summed E-state index contributed by atoms with van der Waals surface area (Å²) in [5.41, 5.74) is 4.38. The Morgan fingerprint density at radius 2 is 1.36 bits per heavy atom. The summed E-state index contributed by atoms with van der Waals surface area (Å²) in [4.78, 5) is 28.5. The maximum atomic E-state index is 13.8. The van der Waals surface area contributed by atoms with Gasteiger partial charge in [-0.15, -0.1) is 0 Å². The third-order valence-corrected chi connectivity index (χ3v) is 5.99. The van der Waals surface area contributed by atoms with Gasteiger partial charge in [0.1, 0.15) is 6.04 Å². The van der Waals surface area contributed by atoms with E-state index in [-0.39, 0.29) is 17.7 Å². The quantitative estimate of drug-likeness (QED) is 0.453. The first-order valence-electron chi connectivity index (χ1n) is 11.8. The average molecular weight is 443 g/mol. The van der Waals surface area contributed by atoms with Crippen molar-refractivity contribution in [1.29, 1.82) is 0 Å². The Balaban J connectivity index is 1.94. The predicted octanol–water partition coefficient (Wildman–Crippen LogP) is 5.46. The van der Waals surface area contributed by atoms with E-state index in [1.54, 1.807) is 4.90 Å². The van der Waals surface area contributed by atoms with Gasteiger partial charge in [-0.2, -0.15) is 0 Å². The molecule has 0 radical (unpaired) electrons. The van der Waals surface area contributed by atoms with E-state index in [1.807, 2.05) is 81.4 Å². The van der Waals surface area contributed by atoms with Crippen LogP contribution in [0.4, 0.5) is 0 Å². The van der Waals surface area contributed by atoms with Crippen LogP contribution in [-0.2, 0) is 16.1 Å². The van der Waals surface area contributed by atoms with Gasteiger partial charge in [-0.05, 0) is 37.0 Å². The Morgan fingerprint density at radius 3 is 1.85 bits per heavy atom. The molecule has 1 atom stereocenters. The van der Waals surface area contributed by atoms with Crippen molar-refractivity contribution in [3.63, 3.8) is 0 Å². The SMILES string of the molecule is CCNC(=O)[C@@H](CC)N(Cc1ccc(C)cc1)C(=O)CC(c1ccccc1)c1ccccc1. The normalized spacial score (nSPS) is 11.8. The van der Waals surface area contributed by atoms with E-state index >= 15 is 0 Å². The molecule has 3 rings (SSSR count). The first-order valence-corrected chi connectivity index (χ1v) is 11.8. The molecule has 0 saturated heterocycles. The maximum Gasteiger partial charge on any atom is 0.242 e. The van der Waals surface area contributed by atoms with Gasteiger partial charge in [0, 0.05) is 25.4 Å². The molecule has 0 aliphatic rings. The van der Waals surface area contributed by atoms with E-state index in [4.69, 9.17) is 0 Å². The van der Waals surface area contributed by atoms with Crippen LogP contribution in [0.25, 0.3) is 0 Å². The lowest BCUT2D eigenvalue weighted by molar-refractivity contribution is -0.141. The number of hydrogen-bond donors (Lipinski definition) is 1. The molecule has 33 heavy (non-hydrogen) atoms. The van der Waals surface area contributed by atoms with Crippen LogP contribution >= 0.6 is 0 Å². The first kappa shape index (κ1) is 24.2. The van der Waals surface area contributed by atoms with Gasteiger partial charge in [0.2, 0.25) is 11.8 Å². The van der Waals surface area contributed by atoms with Crippen molar-refractivity contribution >= 4 is 11.8 Å². The maximum absolute atomic E-state index is 13.8. The fourth-order valence-corrected chi connectivity index (χ4v) is 4.19. The summed E-state index contributed by atoms with van der Waals surface area (Å²) in [7, 11) is 0. The van der Waals surface area contributed by atoms with Crippen LogP contribution in [0.15, 0.2) is 84.9 Å². The zero-order valence-electron chi connectivity index (χ0n) is 19.8. The summed E-state index contributed by atoms with van der Waals surface area (Å²) in [5.74, 6) is -0.199. The largest absolute Gasteiger partial charge is 0.355 e. The van der Waals surface area contributed by atoms with E-state index in [0.717, 1.165) is 16.7 Å². The summed E-state index contributed by atoms with van der Waals surface area (Å²) in [6.45, 7) is 6.85. The molecule has 0 fully saturated rings. The van der Waals surface area contributed by atoms with Crippen molar-refractivity contribution < 1.29 is 9.59 Å². The monoisotopic (exact) mass is 442 g/mol. The molecule has 0 heterocycles. The molecule has 2 amide bonds. The zero-order valence-corrected chi connectivity index (χ0v) is 19.8. The minimum atomic E-state index is -0.508. The van der Waals surface area contributed by atoms with E-state index in [2.05, 4.69) is 29.6 Å². The predicted molar refractivity (Wildman–Crippen MR) is 134 cm³/mol. The minimum Gasteiger partial charge on any atom is -0.355 e. The summed E-state index contributed by atoms with van der Waals surface area (Å²) in [6, 6.07) is 27.9. The van der Waals surface area contributed by atoms with Crippen LogP contribution < -0.4 is 5.32 Å². The summed E-state index contributed by atoms with van der Waals surface area (Å²) >= 11 is 0. The number of hydrogen-bond acceptors (Lipinski definition) is 2. The van der Waals surface area contributed by atoms with Gasteiger partial charge >= 0.3 is 0 Å². The van der Waals surface area contributed by atoms with Gasteiger partial charge in [-0.25, -0.2) is 0 Å². The lowest BCUT2D eigenvalue weighted by atomic mass is 9.88. The lowest BCUT2D eigenvalue weighted by Gasteiger charge is -2.32. The molecule has 0 aromatic heterocycles. The lowest BCUT2D eigenvalue weighted by Crippen LogP contribution is -2.49. The standard InChI is InChI=1S/C29H34N2O2/c1-4-27(29(33)30-5-2)31(21-23-18-16-22(3)17-19-23)28(32)20-26(24-12-8-6-9-13-24)25-14-10-7-11-15-25/h6-19,26-27H,4-5,20-21H2,1-3H3,(H,30,33)/t27-/m1/s1. The first-order chi connectivity index (χ1) is 16.0. The van der Waals surface area contributed by atoms with Gasteiger partial charge < -0.3 is 10.2 Å². The van der Waals surface area contributed by atoms with Crippen LogP contribution in [0.2, 0.25) is 0 Å². The van der Waals surface area contributed by atoms with Gasteiger partial charge in [0.05, 0.1) is 0 Å². The van der Waals surface area contributed by atoms with Gasteiger partial charge in [0.15, 0.2) is 0 Å². The van der Waals surface area contributed by atoms with Crippen molar-refractivity contribution in [3.05, 3.63) is 107 Å². The second kappa shape index (κ2) is 12.0. The topological polar surface area (TPSA) is 49.4 Å². The molecule has 0 bridgehead atoms. The van der Waals surface area contributed by atoms with Crippen molar-refractivity contribution in [1.82, 2.24) is 10.2 Å². The summed E-state index contributed by atoms with van der Waals surface area (Å²) in [5, 5.41) is 2.91. The van der Waals surface area contributed by atoms with Gasteiger partial charge in [-0.1, -0.05) is 97.4 Å². The summed E-state index contributed by atoms with van der Waals surface area (Å²) in [6.07, 6.45) is 0.862. The molecule has 0 aliphatic carbocycles. The molecule has 172 valence electrons. The van der Waals surface area contributed by atoms with Crippen molar-refractivity contribution in [2.24, 2.45) is 0 Å². The number of nitrogens with one attached hydrogen (secondary N) is 1. The second-order valence-electron chi connectivity index (χ2n) is 8.40. The molecule has 0 saturated carbocycles. The molecule has 4 heteroatoms. The molecular weight excluding hydrogens is 408 g/mol. The Labute approximate surface area is 197 Å². The molecule has 0 aliphatic heterocycles. The molecule has 0 unspecified atom stereocenters. The number of amides is 2. The van der Waals surface area contributed by atoms with E-state index in [1.165, 1.54) is 5.56 Å². The van der Waals surface area contributed by atoms with Crippen LogP contribution in [0.1, 0.15) is 54.9 Å². The van der Waals surface area contributed by atoms with Crippen LogP contribution in [0.5, 0.6) is 0 Å². The number of likely N-dealkylation sites (N-methyl/N-ethyl adjacent to an activating group) is 1. The fourth-order valence-electron chi connectivity index (χ4n) is 4.19. The van der Waals surface area contributed by atoms with Crippen molar-refractivity contribution in [3.8, 4) is 0 Å². The highest BCUT2D eigenvalue weighted by atomic mass is 16.2. The summed E-state index contributed by atoms with van der Waals surface area (Å²) < 4.78 is 0. The Hall–Kier alpha value is -3.40. The minimum absolute atomic E-state index is 0.0219. The molecule has 0 spiro atoms. The molecular formula is C29H34N2O2. The number of aryl methyl sites for hydroxylation is 1. The van der Waals surface area contributed by atoms with Crippen molar-refractivity contribution in [2.45, 2.75) is 52.1 Å². The number of benzene rings is 3. The Kier molecular flexibility index (Phi) is 8.82. The average Bonchev–Trinajstić information content (AvgIpc) is 2.84. The molecule has 1 N–H and O–H groups in total. The smallest absolute Gasteiger partial charge is 0.242 e. The van der Waals surface area contributed by atoms with Gasteiger partial charge in [0.25, 0.3) is 0 Å². The zero-order chi connectivity index (χ0) is 23.6. The second-order valence-corrected chi connectivity index (χ2v) is 8.40. The van der Waals surface area contributed by atoms with Crippen LogP contribution in [0.3, 0.4) is 0 Å². The molecule has 3 aromatic rings. The van der Waals surface area contributed by atoms with Crippen LogP contribution in [-0.4, -0.2) is 29.3 Å². The Bertz CT molecular complexity index is 977. The third kappa shape index (κ3) is 6.55. The van der Waals surface area contributed by atoms with Crippen molar-refractivity contribution in [2.75, 3.05) is 6.54 Å². The van der Waals surface area contributed by atoms with E-state index in [9.17, 15) is 9.59 Å². The van der Waals surface area contributed by atoms with E-state index in [0.29, 0.717) is 25.9 Å². The van der Waals surface area contributed by atoms with Crippen LogP contribution in [0, 0.1) is 6.92 Å². The highest BCUT2D eigenvalue weighted by molar-refractivity contribution is 5.88. The highest BCUT2D eigenvalue weighted by Crippen LogP contribution is 2.29. The highest BCUT2D eigenvalue weighted by Gasteiger charge is 2.30. The van der Waals surface area contributed by atoms with Gasteiger partial charge in [-0.3, -0.25) is 9.59 Å². The number of carbonyl (C=O) groups is 2.